The van der Waals surface area contributed by atoms with E-state index in [1.165, 1.54) is 14.0 Å². The molecule has 1 aromatic rings. The van der Waals surface area contributed by atoms with Gasteiger partial charge in [-0.25, -0.2) is 9.37 Å². The van der Waals surface area contributed by atoms with Crippen LogP contribution >= 0.6 is 0 Å². The summed E-state index contributed by atoms with van der Waals surface area (Å²) in [6.45, 7) is 1.33. The van der Waals surface area contributed by atoms with Gasteiger partial charge in [-0.15, -0.1) is 0 Å². The lowest BCUT2D eigenvalue weighted by molar-refractivity contribution is -0.138. The Bertz CT molecular complexity index is 533. The maximum Gasteiger partial charge on any atom is 0.320 e. The van der Waals surface area contributed by atoms with Crippen LogP contribution in [-0.4, -0.2) is 35.1 Å². The van der Waals surface area contributed by atoms with E-state index in [-0.39, 0.29) is 29.1 Å². The van der Waals surface area contributed by atoms with Crippen LogP contribution in [0.4, 0.5) is 4.39 Å². The Morgan fingerprint density at radius 1 is 1.53 bits per heavy atom. The summed E-state index contributed by atoms with van der Waals surface area (Å²) in [5.74, 6) is -3.13. The number of aliphatic carboxylic acids is 1. The van der Waals surface area contributed by atoms with Crippen molar-refractivity contribution in [3.8, 4) is 5.88 Å². The van der Waals surface area contributed by atoms with Gasteiger partial charge in [0.1, 0.15) is 17.4 Å². The predicted molar refractivity (Wildman–Crippen MR) is 63.3 cm³/mol. The standard InChI is InChI=1S/C11H14FN3O4/c1-4-7(9(14)16)10(19-2)15-6(8(4)12)3-5(13)11(17)18/h5H,3,13H2,1-2H3,(H2,14,16)(H,17,18). The lowest BCUT2D eigenvalue weighted by Gasteiger charge is -2.13. The van der Waals surface area contributed by atoms with Crippen molar-refractivity contribution >= 4 is 11.9 Å². The first kappa shape index (κ1) is 14.8. The van der Waals surface area contributed by atoms with Crippen LogP contribution in [0.15, 0.2) is 0 Å². The second-order valence-corrected chi connectivity index (χ2v) is 3.89. The smallest absolute Gasteiger partial charge is 0.320 e. The molecule has 0 bridgehead atoms. The summed E-state index contributed by atoms with van der Waals surface area (Å²) in [4.78, 5) is 25.6. The highest BCUT2D eigenvalue weighted by Crippen LogP contribution is 2.24. The average Bonchev–Trinajstić information content (AvgIpc) is 2.33. The molecule has 7 nitrogen and oxygen atoms in total. The van der Waals surface area contributed by atoms with Gasteiger partial charge < -0.3 is 21.3 Å². The fraction of sp³-hybridized carbons (Fsp3) is 0.364. The van der Waals surface area contributed by atoms with Crippen molar-refractivity contribution < 1.29 is 23.8 Å². The van der Waals surface area contributed by atoms with E-state index in [1.807, 2.05) is 0 Å². The van der Waals surface area contributed by atoms with E-state index in [0.29, 0.717) is 0 Å². The lowest BCUT2D eigenvalue weighted by Crippen LogP contribution is -2.33. The number of nitrogens with zero attached hydrogens (tertiary/aromatic N) is 1. The number of carbonyl (C=O) groups excluding carboxylic acids is 1. The van der Waals surface area contributed by atoms with Crippen LogP contribution in [0.2, 0.25) is 0 Å². The first-order chi connectivity index (χ1) is 8.79. The minimum Gasteiger partial charge on any atom is -0.480 e. The topological polar surface area (TPSA) is 129 Å². The average molecular weight is 271 g/mol. The van der Waals surface area contributed by atoms with E-state index < -0.39 is 23.7 Å². The number of methoxy groups -OCH3 is 1. The van der Waals surface area contributed by atoms with Gasteiger partial charge in [0.05, 0.1) is 12.8 Å². The van der Waals surface area contributed by atoms with Gasteiger partial charge in [0.25, 0.3) is 5.91 Å². The molecule has 1 amide bonds. The third-order valence-corrected chi connectivity index (χ3v) is 2.58. The quantitative estimate of drug-likeness (QED) is 0.667. The van der Waals surface area contributed by atoms with Crippen LogP contribution in [0.1, 0.15) is 21.6 Å². The number of carboxylic acid groups (broad SMARTS) is 1. The molecule has 0 radical (unpaired) electrons. The molecule has 104 valence electrons. The molecular weight excluding hydrogens is 257 g/mol. The monoisotopic (exact) mass is 271 g/mol. The van der Waals surface area contributed by atoms with Gasteiger partial charge in [-0.3, -0.25) is 9.59 Å². The van der Waals surface area contributed by atoms with Crippen LogP contribution in [0, 0.1) is 12.7 Å². The molecule has 0 saturated heterocycles. The summed E-state index contributed by atoms with van der Waals surface area (Å²) in [5.41, 5.74) is 10.0. The van der Waals surface area contributed by atoms with Gasteiger partial charge in [0, 0.05) is 12.0 Å². The largest absolute Gasteiger partial charge is 0.480 e. The minimum absolute atomic E-state index is 0.0491. The molecule has 5 N–H and O–H groups in total. The number of nitrogens with two attached hydrogens (primary N) is 2. The highest BCUT2D eigenvalue weighted by Gasteiger charge is 2.24. The van der Waals surface area contributed by atoms with E-state index in [0.717, 1.165) is 0 Å². The molecule has 1 heterocycles. The zero-order chi connectivity index (χ0) is 14.7. The Kier molecular flexibility index (Phi) is 4.38. The van der Waals surface area contributed by atoms with Gasteiger partial charge in [-0.2, -0.15) is 0 Å². The third-order valence-electron chi connectivity index (χ3n) is 2.58. The molecule has 0 aliphatic heterocycles. The minimum atomic E-state index is -1.30. The molecule has 1 unspecified atom stereocenters. The predicted octanol–water partition coefficient (Wildman–Crippen LogP) is -0.409. The number of amides is 1. The van der Waals surface area contributed by atoms with Gasteiger partial charge in [-0.1, -0.05) is 0 Å². The van der Waals surface area contributed by atoms with Crippen LogP contribution < -0.4 is 16.2 Å². The molecule has 1 aromatic heterocycles. The normalized spacial score (nSPS) is 12.0. The number of pyridine rings is 1. The Hall–Kier alpha value is -2.22. The van der Waals surface area contributed by atoms with Crippen molar-refractivity contribution in [1.29, 1.82) is 0 Å². The first-order valence-electron chi connectivity index (χ1n) is 5.30. The second-order valence-electron chi connectivity index (χ2n) is 3.89. The molecule has 0 aliphatic carbocycles. The number of ether oxygens (including phenoxy) is 1. The fourth-order valence-electron chi connectivity index (χ4n) is 1.58. The summed E-state index contributed by atoms with van der Waals surface area (Å²) in [6.07, 6.45) is -0.322. The van der Waals surface area contributed by atoms with Crippen LogP contribution in [-0.2, 0) is 11.2 Å². The third kappa shape index (κ3) is 2.97. The van der Waals surface area contributed by atoms with Crippen molar-refractivity contribution in [2.75, 3.05) is 7.11 Å². The van der Waals surface area contributed by atoms with Crippen molar-refractivity contribution in [3.63, 3.8) is 0 Å². The molecule has 0 spiro atoms. The number of carbonyl (C=O) groups is 2. The molecule has 1 rings (SSSR count). The first-order valence-corrected chi connectivity index (χ1v) is 5.30. The summed E-state index contributed by atoms with van der Waals surface area (Å²) in [5, 5.41) is 8.69. The van der Waals surface area contributed by atoms with E-state index in [4.69, 9.17) is 21.3 Å². The molecule has 0 saturated carbocycles. The molecule has 0 fully saturated rings. The molecule has 0 aromatic carbocycles. The van der Waals surface area contributed by atoms with E-state index in [2.05, 4.69) is 4.98 Å². The number of hydrogen-bond donors (Lipinski definition) is 3. The van der Waals surface area contributed by atoms with Crippen molar-refractivity contribution in [2.24, 2.45) is 11.5 Å². The summed E-state index contributed by atoms with van der Waals surface area (Å²) in [6, 6.07) is -1.30. The van der Waals surface area contributed by atoms with Crippen LogP contribution in [0.3, 0.4) is 0 Å². The fourth-order valence-corrected chi connectivity index (χ4v) is 1.58. The Morgan fingerprint density at radius 3 is 2.53 bits per heavy atom. The summed E-state index contributed by atoms with van der Waals surface area (Å²) in [7, 11) is 1.24. The molecule has 19 heavy (non-hydrogen) atoms. The second kappa shape index (κ2) is 5.61. The maximum atomic E-state index is 14.0. The Labute approximate surface area is 108 Å². The number of halogens is 1. The number of carboxylic acids is 1. The summed E-state index contributed by atoms with van der Waals surface area (Å²) >= 11 is 0. The number of aromatic nitrogens is 1. The Morgan fingerprint density at radius 2 is 2.11 bits per heavy atom. The maximum absolute atomic E-state index is 14.0. The van der Waals surface area contributed by atoms with Crippen molar-refractivity contribution in [1.82, 2.24) is 4.98 Å². The van der Waals surface area contributed by atoms with E-state index in [9.17, 15) is 14.0 Å². The van der Waals surface area contributed by atoms with E-state index in [1.54, 1.807) is 0 Å². The van der Waals surface area contributed by atoms with Gasteiger partial charge in [0.15, 0.2) is 0 Å². The lowest BCUT2D eigenvalue weighted by atomic mass is 10.0. The molecule has 1 atom stereocenters. The summed E-state index contributed by atoms with van der Waals surface area (Å²) < 4.78 is 18.8. The number of primary amides is 1. The van der Waals surface area contributed by atoms with Crippen LogP contribution in [0.25, 0.3) is 0 Å². The highest BCUT2D eigenvalue weighted by atomic mass is 19.1. The molecule has 0 aliphatic rings. The number of rotatable bonds is 5. The molecular formula is C11H14FN3O4. The van der Waals surface area contributed by atoms with Gasteiger partial charge >= 0.3 is 5.97 Å². The van der Waals surface area contributed by atoms with Crippen molar-refractivity contribution in [2.45, 2.75) is 19.4 Å². The van der Waals surface area contributed by atoms with E-state index >= 15 is 0 Å². The van der Waals surface area contributed by atoms with Gasteiger partial charge in [0.2, 0.25) is 5.88 Å². The van der Waals surface area contributed by atoms with Gasteiger partial charge in [-0.05, 0) is 6.92 Å². The highest BCUT2D eigenvalue weighted by molar-refractivity contribution is 5.96. The van der Waals surface area contributed by atoms with Crippen molar-refractivity contribution in [3.05, 3.63) is 22.6 Å². The number of hydrogen-bond acceptors (Lipinski definition) is 5. The zero-order valence-corrected chi connectivity index (χ0v) is 10.4. The Balaban J connectivity index is 3.33. The SMILES string of the molecule is COc1nc(CC(N)C(=O)O)c(F)c(C)c1C(N)=O. The molecule has 8 heteroatoms. The zero-order valence-electron chi connectivity index (χ0n) is 10.4. The van der Waals surface area contributed by atoms with Crippen LogP contribution in [0.5, 0.6) is 5.88 Å².